The summed E-state index contributed by atoms with van der Waals surface area (Å²) in [6.45, 7) is 0. The molecule has 0 saturated heterocycles. The second kappa shape index (κ2) is 7.33. The molecule has 1 atom stereocenters. The van der Waals surface area contributed by atoms with Gasteiger partial charge >= 0.3 is 5.97 Å². The minimum Gasteiger partial charge on any atom is -0.469 e. The fourth-order valence-corrected chi connectivity index (χ4v) is 2.85. The predicted molar refractivity (Wildman–Crippen MR) is 83.1 cm³/mol. The van der Waals surface area contributed by atoms with Crippen molar-refractivity contribution in [1.29, 1.82) is 0 Å². The van der Waals surface area contributed by atoms with E-state index < -0.39 is 6.04 Å². The van der Waals surface area contributed by atoms with Crippen LogP contribution in [0.15, 0.2) is 40.3 Å². The Bertz CT molecular complexity index is 631. The van der Waals surface area contributed by atoms with Gasteiger partial charge in [0.15, 0.2) is 0 Å². The fourth-order valence-electron chi connectivity index (χ4n) is 1.73. The van der Waals surface area contributed by atoms with E-state index in [1.165, 1.54) is 18.4 Å². The van der Waals surface area contributed by atoms with Gasteiger partial charge in [0.1, 0.15) is 10.3 Å². The van der Waals surface area contributed by atoms with Crippen LogP contribution in [0.4, 0.5) is 0 Å². The first-order valence-electron chi connectivity index (χ1n) is 6.14. The monoisotopic (exact) mass is 368 g/mol. The predicted octanol–water partition coefficient (Wildman–Crippen LogP) is 2.94. The molecule has 0 aromatic carbocycles. The Labute approximate surface area is 134 Å². The second-order valence-electron chi connectivity index (χ2n) is 4.17. The Kier molecular flexibility index (Phi) is 5.46. The number of esters is 1. The number of ether oxygens (including phenoxy) is 1. The first-order valence-corrected chi connectivity index (χ1v) is 7.81. The largest absolute Gasteiger partial charge is 0.469 e. The summed E-state index contributed by atoms with van der Waals surface area (Å²) < 4.78 is 5.26. The van der Waals surface area contributed by atoms with Gasteiger partial charge in [-0.25, -0.2) is 4.98 Å². The second-order valence-corrected chi connectivity index (χ2v) is 5.96. The summed E-state index contributed by atoms with van der Waals surface area (Å²) in [6.07, 6.45) is 0.0801. The lowest BCUT2D eigenvalue weighted by Crippen LogP contribution is -2.30. The molecule has 0 aliphatic carbocycles. The van der Waals surface area contributed by atoms with Gasteiger partial charge in [0.05, 0.1) is 19.6 Å². The minimum absolute atomic E-state index is 0.0801. The molecule has 0 saturated carbocycles. The van der Waals surface area contributed by atoms with E-state index in [4.69, 9.17) is 0 Å². The lowest BCUT2D eigenvalue weighted by atomic mass is 10.1. The minimum atomic E-state index is -0.425. The van der Waals surface area contributed by atoms with Crippen LogP contribution < -0.4 is 5.32 Å². The Hall–Kier alpha value is -1.73. The third kappa shape index (κ3) is 4.37. The van der Waals surface area contributed by atoms with E-state index in [-0.39, 0.29) is 24.0 Å². The van der Waals surface area contributed by atoms with Crippen molar-refractivity contribution in [1.82, 2.24) is 10.3 Å². The third-order valence-electron chi connectivity index (χ3n) is 2.74. The molecule has 0 spiro atoms. The van der Waals surface area contributed by atoms with Crippen molar-refractivity contribution in [2.24, 2.45) is 0 Å². The summed E-state index contributed by atoms with van der Waals surface area (Å²) >= 11 is 4.70. The summed E-state index contributed by atoms with van der Waals surface area (Å²) in [4.78, 5) is 28.7. The number of thiophene rings is 1. The summed E-state index contributed by atoms with van der Waals surface area (Å²) in [5.41, 5.74) is 0.288. The molecule has 1 unspecified atom stereocenters. The van der Waals surface area contributed by atoms with Gasteiger partial charge < -0.3 is 10.1 Å². The lowest BCUT2D eigenvalue weighted by Gasteiger charge is -2.16. The number of aromatic nitrogens is 1. The molecule has 0 fully saturated rings. The summed E-state index contributed by atoms with van der Waals surface area (Å²) in [5.74, 6) is -0.713. The quantitative estimate of drug-likeness (QED) is 0.650. The number of nitrogens with one attached hydrogen (secondary N) is 1. The van der Waals surface area contributed by atoms with Crippen molar-refractivity contribution in [3.8, 4) is 0 Å². The molecule has 0 aliphatic rings. The molecule has 1 N–H and O–H groups in total. The highest BCUT2D eigenvalue weighted by molar-refractivity contribution is 9.10. The van der Waals surface area contributed by atoms with Gasteiger partial charge in [0.2, 0.25) is 0 Å². The van der Waals surface area contributed by atoms with E-state index in [1.54, 1.807) is 18.2 Å². The van der Waals surface area contributed by atoms with Crippen molar-refractivity contribution >= 4 is 39.1 Å². The number of rotatable bonds is 5. The SMILES string of the molecule is COC(=O)CC(NC(=O)c1cccc(Br)n1)c1cccs1. The van der Waals surface area contributed by atoms with Crippen molar-refractivity contribution < 1.29 is 14.3 Å². The van der Waals surface area contributed by atoms with Crippen LogP contribution in [-0.4, -0.2) is 24.0 Å². The Morgan fingerprint density at radius 1 is 1.38 bits per heavy atom. The standard InChI is InChI=1S/C14H13BrN2O3S/c1-20-13(18)8-10(11-5-3-7-21-11)17-14(19)9-4-2-6-12(15)16-9/h2-7,10H,8H2,1H3,(H,17,19). The van der Waals surface area contributed by atoms with Crippen molar-refractivity contribution in [3.63, 3.8) is 0 Å². The van der Waals surface area contributed by atoms with Gasteiger partial charge in [-0.2, -0.15) is 0 Å². The van der Waals surface area contributed by atoms with Gasteiger partial charge in [-0.15, -0.1) is 11.3 Å². The Morgan fingerprint density at radius 3 is 2.81 bits per heavy atom. The number of methoxy groups -OCH3 is 1. The zero-order valence-corrected chi connectivity index (χ0v) is 13.6. The van der Waals surface area contributed by atoms with Crippen LogP contribution in [-0.2, 0) is 9.53 Å². The third-order valence-corrected chi connectivity index (χ3v) is 4.17. The number of nitrogens with zero attached hydrogens (tertiary/aromatic N) is 1. The maximum Gasteiger partial charge on any atom is 0.307 e. The maximum absolute atomic E-state index is 12.2. The molecule has 2 aromatic heterocycles. The summed E-state index contributed by atoms with van der Waals surface area (Å²) in [6, 6.07) is 8.39. The number of amides is 1. The first kappa shape index (κ1) is 15.7. The van der Waals surface area contributed by atoms with Gasteiger partial charge in [-0.1, -0.05) is 12.1 Å². The van der Waals surface area contributed by atoms with E-state index in [1.807, 2.05) is 17.5 Å². The maximum atomic E-state index is 12.2. The molecule has 7 heteroatoms. The highest BCUT2D eigenvalue weighted by atomic mass is 79.9. The van der Waals surface area contributed by atoms with Crippen molar-refractivity contribution in [2.75, 3.05) is 7.11 Å². The summed E-state index contributed by atoms with van der Waals surface area (Å²) in [5, 5.41) is 4.71. The van der Waals surface area contributed by atoms with Crippen LogP contribution in [0.3, 0.4) is 0 Å². The molecule has 2 rings (SSSR count). The molecule has 2 aromatic rings. The molecule has 110 valence electrons. The average Bonchev–Trinajstić information content (AvgIpc) is 3.00. The zero-order valence-electron chi connectivity index (χ0n) is 11.2. The van der Waals surface area contributed by atoms with E-state index in [9.17, 15) is 9.59 Å². The van der Waals surface area contributed by atoms with E-state index in [0.29, 0.717) is 4.60 Å². The molecular weight excluding hydrogens is 356 g/mol. The fraction of sp³-hybridized carbons (Fsp3) is 0.214. The number of pyridine rings is 1. The molecule has 0 radical (unpaired) electrons. The van der Waals surface area contributed by atoms with Gasteiger partial charge in [0, 0.05) is 4.88 Å². The van der Waals surface area contributed by atoms with E-state index in [0.717, 1.165) is 4.88 Å². The summed E-state index contributed by atoms with van der Waals surface area (Å²) in [7, 11) is 1.32. The molecule has 21 heavy (non-hydrogen) atoms. The number of hydrogen-bond acceptors (Lipinski definition) is 5. The molecule has 0 bridgehead atoms. The van der Waals surface area contributed by atoms with E-state index >= 15 is 0 Å². The number of carbonyl (C=O) groups excluding carboxylic acids is 2. The Morgan fingerprint density at radius 2 is 2.19 bits per heavy atom. The van der Waals surface area contributed by atoms with Crippen LogP contribution >= 0.6 is 27.3 Å². The zero-order chi connectivity index (χ0) is 15.2. The van der Waals surface area contributed by atoms with Crippen LogP contribution in [0.25, 0.3) is 0 Å². The highest BCUT2D eigenvalue weighted by Gasteiger charge is 2.21. The molecule has 5 nitrogen and oxygen atoms in total. The van der Waals surface area contributed by atoms with Crippen molar-refractivity contribution in [3.05, 3.63) is 50.9 Å². The molecular formula is C14H13BrN2O3S. The van der Waals surface area contributed by atoms with Gasteiger partial charge in [0.25, 0.3) is 5.91 Å². The van der Waals surface area contributed by atoms with Crippen LogP contribution in [0, 0.1) is 0 Å². The van der Waals surface area contributed by atoms with Crippen LogP contribution in [0.5, 0.6) is 0 Å². The van der Waals surface area contributed by atoms with Gasteiger partial charge in [-0.05, 0) is 39.5 Å². The number of carbonyl (C=O) groups is 2. The van der Waals surface area contributed by atoms with Gasteiger partial charge in [-0.3, -0.25) is 9.59 Å². The molecule has 1 amide bonds. The number of halogens is 1. The van der Waals surface area contributed by atoms with Crippen LogP contribution in [0.2, 0.25) is 0 Å². The first-order chi connectivity index (χ1) is 10.1. The smallest absolute Gasteiger partial charge is 0.307 e. The highest BCUT2D eigenvalue weighted by Crippen LogP contribution is 2.23. The Balaban J connectivity index is 2.15. The average molecular weight is 369 g/mol. The van der Waals surface area contributed by atoms with Crippen LogP contribution in [0.1, 0.15) is 27.8 Å². The topological polar surface area (TPSA) is 68.3 Å². The van der Waals surface area contributed by atoms with Crippen molar-refractivity contribution in [2.45, 2.75) is 12.5 Å². The molecule has 0 aliphatic heterocycles. The number of hydrogen-bond donors (Lipinski definition) is 1. The normalized spacial score (nSPS) is 11.7. The molecule has 2 heterocycles. The van der Waals surface area contributed by atoms with E-state index in [2.05, 4.69) is 31.0 Å². The lowest BCUT2D eigenvalue weighted by molar-refractivity contribution is -0.141.